The number of nitrogens with one attached hydrogen (secondary N) is 1. The number of anilines is 2. The van der Waals surface area contributed by atoms with E-state index in [1.165, 1.54) is 6.92 Å². The molecule has 1 amide bonds. The topological polar surface area (TPSA) is 67.6 Å². The van der Waals surface area contributed by atoms with Gasteiger partial charge in [-0.3, -0.25) is 4.79 Å². The number of nitrogen functional groups attached to an aromatic ring is 1. The molecular weight excluding hydrogens is 287 g/mol. The predicted octanol–water partition coefficient (Wildman–Crippen LogP) is 1.72. The lowest BCUT2D eigenvalue weighted by atomic mass is 10.2. The fourth-order valence-electron chi connectivity index (χ4n) is 2.40. The molecule has 1 atom stereocenters. The number of carbonyl (C=O) groups is 1. The molecule has 1 unspecified atom stereocenters. The van der Waals surface area contributed by atoms with Crippen molar-refractivity contribution in [2.45, 2.75) is 26.0 Å². The molecule has 1 heterocycles. The summed E-state index contributed by atoms with van der Waals surface area (Å²) in [4.78, 5) is 12.8. The van der Waals surface area contributed by atoms with Crippen LogP contribution < -0.4 is 20.7 Å². The van der Waals surface area contributed by atoms with Gasteiger partial charge >= 0.3 is 6.61 Å². The van der Waals surface area contributed by atoms with E-state index in [1.54, 1.807) is 4.90 Å². The smallest absolute Gasteiger partial charge is 0.387 e. The van der Waals surface area contributed by atoms with Gasteiger partial charge < -0.3 is 20.7 Å². The van der Waals surface area contributed by atoms with Crippen LogP contribution >= 0.6 is 0 Å². The molecule has 1 aliphatic rings. The number of alkyl halides is 2. The fraction of sp³-hybridized carbons (Fsp3) is 0.462. The van der Waals surface area contributed by atoms with E-state index < -0.39 is 18.2 Å². The summed E-state index contributed by atoms with van der Waals surface area (Å²) in [5, 5.41) is 2.77. The normalized spacial score (nSPS) is 18.1. The highest BCUT2D eigenvalue weighted by atomic mass is 19.3. The van der Waals surface area contributed by atoms with Gasteiger partial charge in [0.15, 0.2) is 11.6 Å². The van der Waals surface area contributed by atoms with Crippen LogP contribution in [0.5, 0.6) is 5.75 Å². The van der Waals surface area contributed by atoms with Crippen molar-refractivity contribution >= 4 is 17.3 Å². The minimum atomic E-state index is -3.11. The zero-order valence-corrected chi connectivity index (χ0v) is 11.4. The lowest BCUT2D eigenvalue weighted by Crippen LogP contribution is -2.35. The van der Waals surface area contributed by atoms with Gasteiger partial charge in [0.2, 0.25) is 5.91 Å². The van der Waals surface area contributed by atoms with Gasteiger partial charge in [-0.25, -0.2) is 4.39 Å². The van der Waals surface area contributed by atoms with Gasteiger partial charge in [0, 0.05) is 38.2 Å². The summed E-state index contributed by atoms with van der Waals surface area (Å²) in [6, 6.07) is 2.07. The van der Waals surface area contributed by atoms with Gasteiger partial charge in [0.25, 0.3) is 0 Å². The zero-order chi connectivity index (χ0) is 15.6. The molecule has 116 valence electrons. The maximum Gasteiger partial charge on any atom is 0.387 e. The van der Waals surface area contributed by atoms with Crippen LogP contribution in [0, 0.1) is 5.82 Å². The van der Waals surface area contributed by atoms with Gasteiger partial charge in [-0.05, 0) is 6.42 Å². The molecule has 0 radical (unpaired) electrons. The fourth-order valence-corrected chi connectivity index (χ4v) is 2.40. The molecule has 2 rings (SSSR count). The SMILES string of the molecule is CC(=O)NC1CCN(c2cc(OC(F)F)c(F)cc2N)C1. The molecular formula is C13H16F3N3O2. The van der Waals surface area contributed by atoms with Crippen molar-refractivity contribution < 1.29 is 22.7 Å². The highest BCUT2D eigenvalue weighted by molar-refractivity contribution is 5.74. The van der Waals surface area contributed by atoms with Crippen LogP contribution in [-0.4, -0.2) is 31.7 Å². The van der Waals surface area contributed by atoms with Crippen molar-refractivity contribution in [2.75, 3.05) is 23.7 Å². The van der Waals surface area contributed by atoms with Crippen molar-refractivity contribution in [3.8, 4) is 5.75 Å². The van der Waals surface area contributed by atoms with Crippen molar-refractivity contribution in [3.63, 3.8) is 0 Å². The monoisotopic (exact) mass is 303 g/mol. The lowest BCUT2D eigenvalue weighted by Gasteiger charge is -2.22. The summed E-state index contributed by atoms with van der Waals surface area (Å²) >= 11 is 0. The summed E-state index contributed by atoms with van der Waals surface area (Å²) in [5.74, 6) is -1.62. The van der Waals surface area contributed by atoms with Gasteiger partial charge in [0.1, 0.15) is 0 Å². The highest BCUT2D eigenvalue weighted by Crippen LogP contribution is 2.33. The second-order valence-corrected chi connectivity index (χ2v) is 4.85. The van der Waals surface area contributed by atoms with Crippen LogP contribution in [0.25, 0.3) is 0 Å². The van der Waals surface area contributed by atoms with Crippen LogP contribution in [0.3, 0.4) is 0 Å². The standard InChI is InChI=1S/C13H16F3N3O2/c1-7(20)18-8-2-3-19(6-8)11-5-12(21-13(15)16)9(14)4-10(11)17/h4-5,8,13H,2-3,6,17H2,1H3,(H,18,20). The molecule has 5 nitrogen and oxygen atoms in total. The minimum Gasteiger partial charge on any atom is -0.432 e. The molecule has 1 aliphatic heterocycles. The lowest BCUT2D eigenvalue weighted by molar-refractivity contribution is -0.119. The van der Waals surface area contributed by atoms with E-state index in [0.717, 1.165) is 12.1 Å². The zero-order valence-electron chi connectivity index (χ0n) is 11.4. The van der Waals surface area contributed by atoms with Crippen molar-refractivity contribution in [3.05, 3.63) is 17.9 Å². The number of nitrogens with two attached hydrogens (primary N) is 1. The van der Waals surface area contributed by atoms with E-state index in [9.17, 15) is 18.0 Å². The van der Waals surface area contributed by atoms with Crippen molar-refractivity contribution in [2.24, 2.45) is 0 Å². The number of benzene rings is 1. The van der Waals surface area contributed by atoms with E-state index in [4.69, 9.17) is 5.73 Å². The number of amides is 1. The molecule has 1 fully saturated rings. The largest absolute Gasteiger partial charge is 0.432 e. The first kappa shape index (κ1) is 15.3. The Morgan fingerprint density at radius 1 is 1.52 bits per heavy atom. The molecule has 1 saturated heterocycles. The molecule has 1 aromatic rings. The van der Waals surface area contributed by atoms with Gasteiger partial charge in [-0.15, -0.1) is 0 Å². The Bertz CT molecular complexity index is 540. The van der Waals surface area contributed by atoms with E-state index in [0.29, 0.717) is 25.2 Å². The molecule has 0 spiro atoms. The molecule has 0 aromatic heterocycles. The number of nitrogens with zero attached hydrogens (tertiary/aromatic N) is 1. The Morgan fingerprint density at radius 3 is 2.86 bits per heavy atom. The molecule has 0 saturated carbocycles. The van der Waals surface area contributed by atoms with Crippen LogP contribution in [0.1, 0.15) is 13.3 Å². The number of rotatable bonds is 4. The second-order valence-electron chi connectivity index (χ2n) is 4.85. The van der Waals surface area contributed by atoms with Crippen molar-refractivity contribution in [1.82, 2.24) is 5.32 Å². The Balaban J connectivity index is 2.18. The Kier molecular flexibility index (Phi) is 4.44. The third-order valence-corrected chi connectivity index (χ3v) is 3.23. The first-order valence-electron chi connectivity index (χ1n) is 6.42. The Hall–Kier alpha value is -2.12. The molecule has 8 heteroatoms. The summed E-state index contributed by atoms with van der Waals surface area (Å²) in [5.41, 5.74) is 6.29. The van der Waals surface area contributed by atoms with Gasteiger partial charge in [-0.2, -0.15) is 8.78 Å². The van der Waals surface area contributed by atoms with Gasteiger partial charge in [-0.1, -0.05) is 0 Å². The summed E-state index contributed by atoms with van der Waals surface area (Å²) in [6.07, 6.45) is 0.696. The first-order chi connectivity index (χ1) is 9.86. The van der Waals surface area contributed by atoms with E-state index in [2.05, 4.69) is 10.1 Å². The molecule has 21 heavy (non-hydrogen) atoms. The summed E-state index contributed by atoms with van der Waals surface area (Å²) in [7, 11) is 0. The average molecular weight is 303 g/mol. The predicted molar refractivity (Wildman–Crippen MR) is 71.9 cm³/mol. The second kappa shape index (κ2) is 6.11. The summed E-state index contributed by atoms with van der Waals surface area (Å²) in [6.45, 7) is -0.635. The number of hydrogen-bond donors (Lipinski definition) is 2. The van der Waals surface area contributed by atoms with E-state index in [1.807, 2.05) is 0 Å². The number of halogens is 3. The van der Waals surface area contributed by atoms with Crippen molar-refractivity contribution in [1.29, 1.82) is 0 Å². The van der Waals surface area contributed by atoms with Crippen LogP contribution in [0.4, 0.5) is 24.5 Å². The maximum atomic E-state index is 13.5. The number of carbonyl (C=O) groups excluding carboxylic acids is 1. The Labute approximate surface area is 119 Å². The van der Waals surface area contributed by atoms with E-state index >= 15 is 0 Å². The first-order valence-corrected chi connectivity index (χ1v) is 6.42. The average Bonchev–Trinajstić information content (AvgIpc) is 2.79. The van der Waals surface area contributed by atoms with Crippen LogP contribution in [0.15, 0.2) is 12.1 Å². The molecule has 3 N–H and O–H groups in total. The Morgan fingerprint density at radius 2 is 2.24 bits per heavy atom. The quantitative estimate of drug-likeness (QED) is 0.831. The number of ether oxygens (including phenoxy) is 1. The van der Waals surface area contributed by atoms with Crippen LogP contribution in [-0.2, 0) is 4.79 Å². The third-order valence-electron chi connectivity index (χ3n) is 3.23. The number of hydrogen-bond acceptors (Lipinski definition) is 4. The maximum absolute atomic E-state index is 13.5. The van der Waals surface area contributed by atoms with Gasteiger partial charge in [0.05, 0.1) is 11.4 Å². The minimum absolute atomic E-state index is 0.0496. The highest BCUT2D eigenvalue weighted by Gasteiger charge is 2.26. The van der Waals surface area contributed by atoms with E-state index in [-0.39, 0.29) is 17.6 Å². The summed E-state index contributed by atoms with van der Waals surface area (Å²) < 4.78 is 42.1. The van der Waals surface area contributed by atoms with Crippen LogP contribution in [0.2, 0.25) is 0 Å². The molecule has 1 aromatic carbocycles. The third kappa shape index (κ3) is 3.71. The molecule has 0 bridgehead atoms. The molecule has 0 aliphatic carbocycles.